The molecule has 0 radical (unpaired) electrons. The van der Waals surface area contributed by atoms with Crippen LogP contribution in [0.3, 0.4) is 0 Å². The second-order valence-electron chi connectivity index (χ2n) is 4.76. The molecule has 0 aliphatic carbocycles. The second kappa shape index (κ2) is 6.87. The van der Waals surface area contributed by atoms with Crippen molar-refractivity contribution in [3.8, 4) is 0 Å². The van der Waals surface area contributed by atoms with Gasteiger partial charge in [-0.2, -0.15) is 0 Å². The van der Waals surface area contributed by atoms with Crippen LogP contribution in [0.1, 0.15) is 36.9 Å². The van der Waals surface area contributed by atoms with Gasteiger partial charge in [-0.05, 0) is 52.7 Å². The van der Waals surface area contributed by atoms with Gasteiger partial charge in [0.2, 0.25) is 0 Å². The maximum Gasteiger partial charge on any atom is 0.0485 e. The van der Waals surface area contributed by atoms with Gasteiger partial charge in [-0.25, -0.2) is 0 Å². The molecule has 0 aliphatic rings. The molecule has 1 N–H and O–H groups in total. The van der Waals surface area contributed by atoms with Crippen LogP contribution in [0.2, 0.25) is 0 Å². The molecule has 0 saturated carbocycles. The average Bonchev–Trinajstić information content (AvgIpc) is 2.84. The van der Waals surface area contributed by atoms with Crippen molar-refractivity contribution in [3.63, 3.8) is 0 Å². The van der Waals surface area contributed by atoms with Crippen molar-refractivity contribution in [1.29, 1.82) is 0 Å². The summed E-state index contributed by atoms with van der Waals surface area (Å²) in [5.74, 6) is 0. The van der Waals surface area contributed by atoms with Gasteiger partial charge in [-0.15, -0.1) is 0 Å². The molecule has 0 saturated heterocycles. The third-order valence-electron chi connectivity index (χ3n) is 3.23. The van der Waals surface area contributed by atoms with Crippen molar-refractivity contribution in [2.75, 3.05) is 7.05 Å². The van der Waals surface area contributed by atoms with E-state index >= 15 is 0 Å². The molecule has 1 atom stereocenters. The van der Waals surface area contributed by atoms with E-state index in [0.29, 0.717) is 6.04 Å². The van der Waals surface area contributed by atoms with E-state index < -0.39 is 0 Å². The third kappa shape index (κ3) is 3.91. The molecule has 2 heterocycles. The van der Waals surface area contributed by atoms with Crippen LogP contribution in [0.15, 0.2) is 41.4 Å². The highest BCUT2D eigenvalue weighted by Gasteiger charge is 2.09. The quantitative estimate of drug-likeness (QED) is 0.878. The van der Waals surface area contributed by atoms with Crippen molar-refractivity contribution in [3.05, 3.63) is 52.5 Å². The Balaban J connectivity index is 2.08. The zero-order chi connectivity index (χ0) is 13.7. The van der Waals surface area contributed by atoms with Gasteiger partial charge in [-0.3, -0.25) is 4.98 Å². The van der Waals surface area contributed by atoms with Gasteiger partial charge < -0.3 is 9.88 Å². The largest absolute Gasteiger partial charge is 0.350 e. The van der Waals surface area contributed by atoms with Gasteiger partial charge in [0.15, 0.2) is 0 Å². The van der Waals surface area contributed by atoms with E-state index in [0.717, 1.165) is 11.0 Å². The summed E-state index contributed by atoms with van der Waals surface area (Å²) in [7, 11) is 2.02. The minimum atomic E-state index is 0.451. The molecule has 0 amide bonds. The molecule has 1 unspecified atom stereocenters. The first-order valence-corrected chi connectivity index (χ1v) is 7.44. The van der Waals surface area contributed by atoms with Gasteiger partial charge in [0.25, 0.3) is 0 Å². The molecule has 0 fully saturated rings. The predicted molar refractivity (Wildman–Crippen MR) is 82.2 cm³/mol. The molecule has 2 rings (SSSR count). The van der Waals surface area contributed by atoms with Crippen LogP contribution < -0.4 is 5.32 Å². The first kappa shape index (κ1) is 14.3. The SMILES string of the molecule is CCCC(NC)c1ccn(Cc2cncc(Br)c2)c1. The smallest absolute Gasteiger partial charge is 0.0485 e. The number of pyridine rings is 1. The lowest BCUT2D eigenvalue weighted by atomic mass is 10.1. The first-order valence-electron chi connectivity index (χ1n) is 6.65. The van der Waals surface area contributed by atoms with Crippen LogP contribution in [0.25, 0.3) is 0 Å². The Kier molecular flexibility index (Phi) is 5.16. The summed E-state index contributed by atoms with van der Waals surface area (Å²) in [4.78, 5) is 4.20. The minimum absolute atomic E-state index is 0.451. The highest BCUT2D eigenvalue weighted by atomic mass is 79.9. The lowest BCUT2D eigenvalue weighted by molar-refractivity contribution is 0.540. The topological polar surface area (TPSA) is 29.9 Å². The molecule has 19 heavy (non-hydrogen) atoms. The van der Waals surface area contributed by atoms with Gasteiger partial charge >= 0.3 is 0 Å². The number of hydrogen-bond donors (Lipinski definition) is 1. The number of hydrogen-bond acceptors (Lipinski definition) is 2. The number of nitrogens with one attached hydrogen (secondary N) is 1. The lowest BCUT2D eigenvalue weighted by Crippen LogP contribution is -2.15. The molecular weight excluding hydrogens is 302 g/mol. The molecule has 4 heteroatoms. The number of rotatable bonds is 6. The summed E-state index contributed by atoms with van der Waals surface area (Å²) in [6.45, 7) is 3.07. The van der Waals surface area contributed by atoms with E-state index in [1.165, 1.54) is 24.0 Å². The van der Waals surface area contributed by atoms with Crippen molar-refractivity contribution in [1.82, 2.24) is 14.9 Å². The number of nitrogens with zero attached hydrogens (tertiary/aromatic N) is 2. The summed E-state index contributed by atoms with van der Waals surface area (Å²) in [5.41, 5.74) is 2.56. The molecule has 2 aromatic rings. The van der Waals surface area contributed by atoms with Crippen LogP contribution in [0, 0.1) is 0 Å². The van der Waals surface area contributed by atoms with Gasteiger partial charge in [-0.1, -0.05) is 13.3 Å². The third-order valence-corrected chi connectivity index (χ3v) is 3.66. The van der Waals surface area contributed by atoms with E-state index in [1.807, 2.05) is 19.4 Å². The molecule has 3 nitrogen and oxygen atoms in total. The highest BCUT2D eigenvalue weighted by Crippen LogP contribution is 2.19. The van der Waals surface area contributed by atoms with E-state index in [1.54, 1.807) is 0 Å². The van der Waals surface area contributed by atoms with Crippen molar-refractivity contribution in [2.45, 2.75) is 32.4 Å². The van der Waals surface area contributed by atoms with Crippen LogP contribution >= 0.6 is 15.9 Å². The molecule has 0 aromatic carbocycles. The normalized spacial score (nSPS) is 12.6. The Labute approximate surface area is 123 Å². The zero-order valence-corrected chi connectivity index (χ0v) is 13.0. The molecule has 0 aliphatic heterocycles. The lowest BCUT2D eigenvalue weighted by Gasteiger charge is -2.13. The van der Waals surface area contributed by atoms with E-state index in [4.69, 9.17) is 0 Å². The second-order valence-corrected chi connectivity index (χ2v) is 5.67. The minimum Gasteiger partial charge on any atom is -0.350 e. The summed E-state index contributed by atoms with van der Waals surface area (Å²) >= 11 is 3.45. The maximum absolute atomic E-state index is 4.20. The fraction of sp³-hybridized carbons (Fsp3) is 0.400. The van der Waals surface area contributed by atoms with Crippen molar-refractivity contribution < 1.29 is 0 Å². The number of aromatic nitrogens is 2. The maximum atomic E-state index is 4.20. The number of halogens is 1. The molecule has 102 valence electrons. The van der Waals surface area contributed by atoms with Crippen molar-refractivity contribution in [2.24, 2.45) is 0 Å². The molecule has 0 spiro atoms. The van der Waals surface area contributed by atoms with Gasteiger partial charge in [0.1, 0.15) is 0 Å². The highest BCUT2D eigenvalue weighted by molar-refractivity contribution is 9.10. The fourth-order valence-corrected chi connectivity index (χ4v) is 2.70. The van der Waals surface area contributed by atoms with Crippen LogP contribution in [-0.2, 0) is 6.54 Å². The first-order chi connectivity index (χ1) is 9.22. The average molecular weight is 322 g/mol. The van der Waals surface area contributed by atoms with Crippen LogP contribution in [0.4, 0.5) is 0 Å². The molecular formula is C15H20BrN3. The van der Waals surface area contributed by atoms with Gasteiger partial charge in [0, 0.05) is 41.8 Å². The fourth-order valence-electron chi connectivity index (χ4n) is 2.28. The van der Waals surface area contributed by atoms with E-state index in [9.17, 15) is 0 Å². The molecule has 2 aromatic heterocycles. The molecule has 0 bridgehead atoms. The van der Waals surface area contributed by atoms with Gasteiger partial charge in [0.05, 0.1) is 0 Å². The summed E-state index contributed by atoms with van der Waals surface area (Å²) in [5, 5.41) is 3.37. The Hall–Kier alpha value is -1.13. The predicted octanol–water partition coefficient (Wildman–Crippen LogP) is 3.75. The summed E-state index contributed by atoms with van der Waals surface area (Å²) < 4.78 is 3.23. The monoisotopic (exact) mass is 321 g/mol. The Morgan fingerprint density at radius 3 is 2.95 bits per heavy atom. The summed E-state index contributed by atoms with van der Waals surface area (Å²) in [6, 6.07) is 4.75. The Morgan fingerprint density at radius 2 is 2.26 bits per heavy atom. The zero-order valence-electron chi connectivity index (χ0n) is 11.4. The Bertz CT molecular complexity index is 522. The van der Waals surface area contributed by atoms with Crippen LogP contribution in [0.5, 0.6) is 0 Å². The standard InChI is InChI=1S/C15H20BrN3/c1-3-4-15(17-2)13-5-6-19(11-13)10-12-7-14(16)9-18-8-12/h5-9,11,15,17H,3-4,10H2,1-2H3. The Morgan fingerprint density at radius 1 is 1.42 bits per heavy atom. The summed E-state index contributed by atoms with van der Waals surface area (Å²) in [6.07, 6.45) is 10.4. The van der Waals surface area contributed by atoms with Crippen LogP contribution in [-0.4, -0.2) is 16.6 Å². The van der Waals surface area contributed by atoms with E-state index in [2.05, 4.69) is 62.2 Å². The van der Waals surface area contributed by atoms with E-state index in [-0.39, 0.29) is 0 Å². The van der Waals surface area contributed by atoms with Crippen molar-refractivity contribution >= 4 is 15.9 Å².